The summed E-state index contributed by atoms with van der Waals surface area (Å²) in [5.41, 5.74) is 9.96. The lowest BCUT2D eigenvalue weighted by Crippen LogP contribution is -2.02. The van der Waals surface area contributed by atoms with E-state index < -0.39 is 0 Å². The summed E-state index contributed by atoms with van der Waals surface area (Å²) in [5.74, 6) is 0.599. The average Bonchev–Trinajstić information content (AvgIpc) is 2.75. The molecule has 0 aliphatic carbocycles. The molecule has 0 unspecified atom stereocenters. The Morgan fingerprint density at radius 1 is 1.00 bits per heavy atom. The van der Waals surface area contributed by atoms with Crippen LogP contribution in [0.1, 0.15) is 5.69 Å². The number of rotatable bonds is 2. The summed E-state index contributed by atoms with van der Waals surface area (Å²) >= 11 is 6.22. The topological polar surface area (TPSA) is 43.8 Å². The number of anilines is 1. The van der Waals surface area contributed by atoms with E-state index in [9.17, 15) is 0 Å². The Labute approximate surface area is 122 Å². The molecule has 0 aliphatic heterocycles. The van der Waals surface area contributed by atoms with Crippen LogP contribution < -0.4 is 5.73 Å². The highest BCUT2D eigenvalue weighted by molar-refractivity contribution is 6.32. The molecule has 0 saturated carbocycles. The third-order valence-corrected chi connectivity index (χ3v) is 3.56. The molecule has 1 aromatic heterocycles. The molecule has 0 spiro atoms. The van der Waals surface area contributed by atoms with Gasteiger partial charge in [0, 0.05) is 5.56 Å². The van der Waals surface area contributed by atoms with Gasteiger partial charge in [-0.1, -0.05) is 54.1 Å². The van der Waals surface area contributed by atoms with Crippen LogP contribution in [-0.4, -0.2) is 9.78 Å². The summed E-state index contributed by atoms with van der Waals surface area (Å²) in [5, 5.41) is 5.15. The number of nitrogens with zero attached hydrogens (tertiary/aromatic N) is 2. The maximum Gasteiger partial charge on any atom is 0.135 e. The highest BCUT2D eigenvalue weighted by atomic mass is 35.5. The Morgan fingerprint density at radius 2 is 1.65 bits per heavy atom. The van der Waals surface area contributed by atoms with Gasteiger partial charge >= 0.3 is 0 Å². The maximum absolute atomic E-state index is 6.28. The third-order valence-electron chi connectivity index (χ3n) is 3.24. The summed E-state index contributed by atoms with van der Waals surface area (Å²) < 4.78 is 1.69. The van der Waals surface area contributed by atoms with Crippen LogP contribution in [0.5, 0.6) is 0 Å². The molecule has 2 N–H and O–H groups in total. The van der Waals surface area contributed by atoms with Gasteiger partial charge in [-0.3, -0.25) is 0 Å². The van der Waals surface area contributed by atoms with Gasteiger partial charge in [-0.2, -0.15) is 5.10 Å². The molecule has 0 aliphatic rings. The van der Waals surface area contributed by atoms with Gasteiger partial charge in [0.05, 0.1) is 16.4 Å². The number of nitrogen functional groups attached to an aromatic ring is 1. The standard InChI is InChI=1S/C16H14ClN3/c1-11-15(12-7-3-2-4-8-12)16(18)20(19-11)14-10-6-5-9-13(14)17/h2-10H,18H2,1H3. The van der Waals surface area contributed by atoms with Gasteiger partial charge in [0.2, 0.25) is 0 Å². The summed E-state index contributed by atoms with van der Waals surface area (Å²) in [7, 11) is 0. The molecule has 0 amide bonds. The third kappa shape index (κ3) is 2.06. The van der Waals surface area contributed by atoms with Gasteiger partial charge in [-0.05, 0) is 24.6 Å². The number of aryl methyl sites for hydroxylation is 1. The molecule has 100 valence electrons. The number of benzene rings is 2. The monoisotopic (exact) mass is 283 g/mol. The van der Waals surface area contributed by atoms with Gasteiger partial charge in [-0.15, -0.1) is 0 Å². The number of hydrogen-bond donors (Lipinski definition) is 1. The van der Waals surface area contributed by atoms with Crippen molar-refractivity contribution in [3.63, 3.8) is 0 Å². The lowest BCUT2D eigenvalue weighted by atomic mass is 10.1. The zero-order valence-electron chi connectivity index (χ0n) is 11.0. The molecule has 0 fully saturated rings. The molecule has 20 heavy (non-hydrogen) atoms. The second-order valence-electron chi connectivity index (χ2n) is 4.57. The number of para-hydroxylation sites is 1. The van der Waals surface area contributed by atoms with E-state index in [0.717, 1.165) is 22.5 Å². The Kier molecular flexibility index (Phi) is 3.20. The highest BCUT2D eigenvalue weighted by Crippen LogP contribution is 2.32. The Hall–Kier alpha value is -2.26. The van der Waals surface area contributed by atoms with E-state index in [4.69, 9.17) is 17.3 Å². The summed E-state index contributed by atoms with van der Waals surface area (Å²) in [6.45, 7) is 1.95. The van der Waals surface area contributed by atoms with E-state index in [2.05, 4.69) is 5.10 Å². The summed E-state index contributed by atoms with van der Waals surface area (Å²) in [6.07, 6.45) is 0. The normalized spacial score (nSPS) is 10.7. The minimum absolute atomic E-state index is 0.599. The molecule has 4 heteroatoms. The lowest BCUT2D eigenvalue weighted by molar-refractivity contribution is 0.872. The summed E-state index contributed by atoms with van der Waals surface area (Å²) in [6, 6.07) is 17.5. The number of aromatic nitrogens is 2. The first kappa shape index (κ1) is 12.8. The fraction of sp³-hybridized carbons (Fsp3) is 0.0625. The number of halogens is 1. The fourth-order valence-electron chi connectivity index (χ4n) is 2.31. The second kappa shape index (κ2) is 5.02. The van der Waals surface area contributed by atoms with Gasteiger partial charge in [0.1, 0.15) is 5.82 Å². The zero-order valence-corrected chi connectivity index (χ0v) is 11.8. The molecule has 0 bridgehead atoms. The average molecular weight is 284 g/mol. The van der Waals surface area contributed by atoms with Gasteiger partial charge in [0.25, 0.3) is 0 Å². The van der Waals surface area contributed by atoms with Crippen LogP contribution in [-0.2, 0) is 0 Å². The van der Waals surface area contributed by atoms with Crippen LogP contribution in [0.15, 0.2) is 54.6 Å². The molecule has 2 aromatic carbocycles. The fourth-order valence-corrected chi connectivity index (χ4v) is 2.53. The first-order valence-electron chi connectivity index (χ1n) is 6.34. The molecule has 1 heterocycles. The molecule has 0 saturated heterocycles. The molecule has 3 rings (SSSR count). The molecule has 0 atom stereocenters. The predicted octanol–water partition coefficient (Wildman–Crippen LogP) is 4.08. The Morgan fingerprint density at radius 3 is 2.35 bits per heavy atom. The Bertz CT molecular complexity index is 748. The molecular weight excluding hydrogens is 270 g/mol. The first-order valence-corrected chi connectivity index (χ1v) is 6.71. The SMILES string of the molecule is Cc1nn(-c2ccccc2Cl)c(N)c1-c1ccccc1. The highest BCUT2D eigenvalue weighted by Gasteiger charge is 2.16. The van der Waals surface area contributed by atoms with Crippen molar-refractivity contribution in [2.45, 2.75) is 6.92 Å². The maximum atomic E-state index is 6.28. The van der Waals surface area contributed by atoms with Crippen molar-refractivity contribution in [3.05, 3.63) is 65.3 Å². The van der Waals surface area contributed by atoms with Crippen LogP contribution in [0.25, 0.3) is 16.8 Å². The van der Waals surface area contributed by atoms with Crippen molar-refractivity contribution in [1.29, 1.82) is 0 Å². The van der Waals surface area contributed by atoms with E-state index in [-0.39, 0.29) is 0 Å². The number of nitrogens with two attached hydrogens (primary N) is 1. The van der Waals surface area contributed by atoms with Crippen LogP contribution in [0, 0.1) is 6.92 Å². The first-order chi connectivity index (χ1) is 9.68. The van der Waals surface area contributed by atoms with E-state index in [1.54, 1.807) is 4.68 Å². The zero-order chi connectivity index (χ0) is 14.1. The molecule has 0 radical (unpaired) electrons. The van der Waals surface area contributed by atoms with Gasteiger partial charge in [0.15, 0.2) is 0 Å². The molecular formula is C16H14ClN3. The quantitative estimate of drug-likeness (QED) is 0.770. The van der Waals surface area contributed by atoms with Crippen LogP contribution in [0.2, 0.25) is 5.02 Å². The molecule has 3 nitrogen and oxygen atoms in total. The molecule has 3 aromatic rings. The number of hydrogen-bond acceptors (Lipinski definition) is 2. The smallest absolute Gasteiger partial charge is 0.135 e. The minimum Gasteiger partial charge on any atom is -0.383 e. The second-order valence-corrected chi connectivity index (χ2v) is 4.98. The van der Waals surface area contributed by atoms with E-state index in [0.29, 0.717) is 10.8 Å². The largest absolute Gasteiger partial charge is 0.383 e. The van der Waals surface area contributed by atoms with Crippen LogP contribution in [0.4, 0.5) is 5.82 Å². The lowest BCUT2D eigenvalue weighted by Gasteiger charge is -2.07. The predicted molar refractivity (Wildman–Crippen MR) is 83.2 cm³/mol. The van der Waals surface area contributed by atoms with Crippen LogP contribution >= 0.6 is 11.6 Å². The van der Waals surface area contributed by atoms with Crippen molar-refractivity contribution in [1.82, 2.24) is 9.78 Å². The van der Waals surface area contributed by atoms with Crippen molar-refractivity contribution in [2.75, 3.05) is 5.73 Å². The van der Waals surface area contributed by atoms with E-state index in [1.165, 1.54) is 0 Å². The van der Waals surface area contributed by atoms with E-state index >= 15 is 0 Å². The van der Waals surface area contributed by atoms with Gasteiger partial charge in [-0.25, -0.2) is 4.68 Å². The van der Waals surface area contributed by atoms with Crippen molar-refractivity contribution >= 4 is 17.4 Å². The Balaban J connectivity index is 2.20. The minimum atomic E-state index is 0.599. The van der Waals surface area contributed by atoms with Gasteiger partial charge < -0.3 is 5.73 Å². The summed E-state index contributed by atoms with van der Waals surface area (Å²) in [4.78, 5) is 0. The van der Waals surface area contributed by atoms with Crippen molar-refractivity contribution in [3.8, 4) is 16.8 Å². The van der Waals surface area contributed by atoms with E-state index in [1.807, 2.05) is 61.5 Å². The van der Waals surface area contributed by atoms with Crippen molar-refractivity contribution < 1.29 is 0 Å². The van der Waals surface area contributed by atoms with Crippen LogP contribution in [0.3, 0.4) is 0 Å². The van der Waals surface area contributed by atoms with Crippen molar-refractivity contribution in [2.24, 2.45) is 0 Å².